The molecule has 202 valence electrons. The lowest BCUT2D eigenvalue weighted by atomic mass is 9.95. The Balaban J connectivity index is 0.000000436. The second kappa shape index (κ2) is 14.8. The molecule has 3 aromatic rings. The van der Waals surface area contributed by atoms with Crippen LogP contribution < -0.4 is 11.5 Å². The first-order valence-electron chi connectivity index (χ1n) is 12.6. The van der Waals surface area contributed by atoms with Gasteiger partial charge in [0.25, 0.3) is 0 Å². The minimum atomic E-state index is -0.960. The van der Waals surface area contributed by atoms with Crippen molar-refractivity contribution in [3.63, 3.8) is 0 Å². The zero-order valence-corrected chi connectivity index (χ0v) is 21.5. The molecule has 4 rings (SSSR count). The van der Waals surface area contributed by atoms with Crippen LogP contribution in [0.3, 0.4) is 0 Å². The van der Waals surface area contributed by atoms with Crippen molar-refractivity contribution in [3.05, 3.63) is 101 Å². The van der Waals surface area contributed by atoms with Gasteiger partial charge in [0, 0.05) is 44.8 Å². The third-order valence-corrected chi connectivity index (χ3v) is 6.23. The molecule has 1 unspecified atom stereocenters. The number of aromatic hydroxyl groups is 1. The molecule has 7 N–H and O–H groups in total. The van der Waals surface area contributed by atoms with Gasteiger partial charge in [-0.2, -0.15) is 0 Å². The third kappa shape index (κ3) is 8.97. The number of ether oxygens (including phenoxy) is 1. The van der Waals surface area contributed by atoms with Gasteiger partial charge in [0.05, 0.1) is 12.6 Å². The van der Waals surface area contributed by atoms with E-state index in [2.05, 4.69) is 50.9 Å². The molecule has 0 saturated carbocycles. The number of amidine groups is 1. The Morgan fingerprint density at radius 2 is 1.63 bits per heavy atom. The number of nitrogen functional groups attached to an aromatic ring is 1. The maximum Gasteiger partial charge on any atom is 0.329 e. The monoisotopic (exact) mass is 519 g/mol. The first-order valence-corrected chi connectivity index (χ1v) is 12.6. The van der Waals surface area contributed by atoms with Crippen LogP contribution in [0.15, 0.2) is 78.9 Å². The SMILES string of the molecule is N=C(N)c1ccc(C(c2cccc(O)c2)N2CCN(Cc3ccccc3)CC2)cc1.NCCOCC(=O)O. The molecule has 1 heterocycles. The van der Waals surface area contributed by atoms with Crippen LogP contribution in [0, 0.1) is 5.41 Å². The maximum absolute atomic E-state index is 10.1. The summed E-state index contributed by atoms with van der Waals surface area (Å²) in [5, 5.41) is 25.7. The summed E-state index contributed by atoms with van der Waals surface area (Å²) < 4.78 is 4.52. The number of aliphatic carboxylic acids is 1. The van der Waals surface area contributed by atoms with E-state index in [1.165, 1.54) is 5.56 Å². The molecule has 0 aliphatic carbocycles. The number of nitrogens with two attached hydrogens (primary N) is 2. The molecule has 3 aromatic carbocycles. The summed E-state index contributed by atoms with van der Waals surface area (Å²) in [6, 6.07) is 26.1. The predicted molar refractivity (Wildman–Crippen MR) is 148 cm³/mol. The summed E-state index contributed by atoms with van der Waals surface area (Å²) in [6.07, 6.45) is 0. The summed E-state index contributed by atoms with van der Waals surface area (Å²) in [7, 11) is 0. The number of carboxylic acid groups (broad SMARTS) is 1. The molecule has 0 amide bonds. The number of hydrogen-bond donors (Lipinski definition) is 5. The van der Waals surface area contributed by atoms with Gasteiger partial charge in [-0.3, -0.25) is 15.2 Å². The van der Waals surface area contributed by atoms with Gasteiger partial charge in [-0.15, -0.1) is 0 Å². The van der Waals surface area contributed by atoms with Gasteiger partial charge >= 0.3 is 5.97 Å². The van der Waals surface area contributed by atoms with Gasteiger partial charge in [0.15, 0.2) is 0 Å². The Hall–Kier alpha value is -3.76. The van der Waals surface area contributed by atoms with Crippen LogP contribution in [0.25, 0.3) is 0 Å². The molecule has 0 radical (unpaired) electrons. The van der Waals surface area contributed by atoms with E-state index in [-0.39, 0.29) is 24.2 Å². The lowest BCUT2D eigenvalue weighted by Crippen LogP contribution is -2.47. The average Bonchev–Trinajstić information content (AvgIpc) is 2.91. The van der Waals surface area contributed by atoms with Crippen LogP contribution in [0.5, 0.6) is 5.75 Å². The Morgan fingerprint density at radius 3 is 2.21 bits per heavy atom. The molecular formula is C29H37N5O4. The van der Waals surface area contributed by atoms with Crippen LogP contribution in [0.1, 0.15) is 28.3 Å². The van der Waals surface area contributed by atoms with Crippen LogP contribution in [0.2, 0.25) is 0 Å². The molecule has 1 fully saturated rings. The number of benzene rings is 3. The minimum absolute atomic E-state index is 0.0528. The van der Waals surface area contributed by atoms with E-state index in [1.807, 2.05) is 36.4 Å². The van der Waals surface area contributed by atoms with Gasteiger partial charge in [-0.25, -0.2) is 4.79 Å². The number of nitrogens with zero attached hydrogens (tertiary/aromatic N) is 2. The fraction of sp³-hybridized carbons (Fsp3) is 0.310. The second-order valence-corrected chi connectivity index (χ2v) is 9.07. The summed E-state index contributed by atoms with van der Waals surface area (Å²) >= 11 is 0. The molecule has 1 aliphatic rings. The number of phenolic OH excluding ortho intramolecular Hbond substituents is 1. The molecule has 0 aromatic heterocycles. The minimum Gasteiger partial charge on any atom is -0.508 e. The van der Waals surface area contributed by atoms with Crippen molar-refractivity contribution in [1.29, 1.82) is 5.41 Å². The van der Waals surface area contributed by atoms with Gasteiger partial charge in [-0.1, -0.05) is 66.7 Å². The molecule has 1 saturated heterocycles. The van der Waals surface area contributed by atoms with Gasteiger partial charge in [-0.05, 0) is 28.8 Å². The Kier molecular flexibility index (Phi) is 11.3. The standard InChI is InChI=1S/C25H28N4O.C4H9NO3/c26-25(27)21-11-9-20(10-12-21)24(22-7-4-8-23(30)17-22)29-15-13-28(14-16-29)18-19-5-2-1-3-6-19;5-1-2-8-3-4(6)7/h1-12,17,24,30H,13-16,18H2,(H3,26,27);1-3,5H2,(H,6,7). The zero-order valence-electron chi connectivity index (χ0n) is 21.5. The van der Waals surface area contributed by atoms with E-state index in [4.69, 9.17) is 22.0 Å². The first kappa shape index (κ1) is 28.8. The van der Waals surface area contributed by atoms with E-state index in [0.29, 0.717) is 13.2 Å². The van der Waals surface area contributed by atoms with Crippen LogP contribution in [-0.2, 0) is 16.1 Å². The molecule has 38 heavy (non-hydrogen) atoms. The molecule has 1 atom stereocenters. The largest absolute Gasteiger partial charge is 0.508 e. The van der Waals surface area contributed by atoms with Crippen LogP contribution in [0.4, 0.5) is 0 Å². The van der Waals surface area contributed by atoms with Crippen LogP contribution in [-0.4, -0.2) is 77.8 Å². The van der Waals surface area contributed by atoms with E-state index in [0.717, 1.165) is 49.4 Å². The normalized spacial score (nSPS) is 14.8. The van der Waals surface area contributed by atoms with Crippen molar-refractivity contribution >= 4 is 11.8 Å². The Labute approximate surface area is 223 Å². The van der Waals surface area contributed by atoms with Crippen molar-refractivity contribution in [2.45, 2.75) is 12.6 Å². The zero-order chi connectivity index (χ0) is 27.3. The average molecular weight is 520 g/mol. The number of hydrogen-bond acceptors (Lipinski definition) is 7. The molecule has 9 heteroatoms. The summed E-state index contributed by atoms with van der Waals surface area (Å²) in [4.78, 5) is 14.7. The summed E-state index contributed by atoms with van der Waals surface area (Å²) in [6.45, 7) is 5.28. The molecular weight excluding hydrogens is 482 g/mol. The highest BCUT2D eigenvalue weighted by atomic mass is 16.5. The van der Waals surface area contributed by atoms with E-state index < -0.39 is 5.97 Å². The number of rotatable bonds is 10. The predicted octanol–water partition coefficient (Wildman–Crippen LogP) is 2.63. The van der Waals surface area contributed by atoms with Gasteiger partial charge in [0.1, 0.15) is 18.2 Å². The lowest BCUT2D eigenvalue weighted by molar-refractivity contribution is -0.142. The summed E-state index contributed by atoms with van der Waals surface area (Å²) in [5.41, 5.74) is 14.9. The molecule has 9 nitrogen and oxygen atoms in total. The highest BCUT2D eigenvalue weighted by Gasteiger charge is 2.26. The fourth-order valence-corrected chi connectivity index (χ4v) is 4.42. The van der Waals surface area contributed by atoms with Crippen molar-refractivity contribution in [2.75, 3.05) is 45.9 Å². The number of piperazine rings is 1. The van der Waals surface area contributed by atoms with E-state index in [9.17, 15) is 9.90 Å². The van der Waals surface area contributed by atoms with E-state index >= 15 is 0 Å². The number of carbonyl (C=O) groups is 1. The van der Waals surface area contributed by atoms with Crippen molar-refractivity contribution in [3.8, 4) is 5.75 Å². The van der Waals surface area contributed by atoms with Crippen molar-refractivity contribution < 1.29 is 19.7 Å². The Morgan fingerprint density at radius 1 is 0.947 bits per heavy atom. The van der Waals surface area contributed by atoms with Crippen LogP contribution >= 0.6 is 0 Å². The number of nitrogens with one attached hydrogen (secondary N) is 1. The quantitative estimate of drug-likeness (QED) is 0.156. The number of phenols is 1. The number of carboxylic acids is 1. The van der Waals surface area contributed by atoms with Crippen molar-refractivity contribution in [1.82, 2.24) is 9.80 Å². The van der Waals surface area contributed by atoms with Crippen molar-refractivity contribution in [2.24, 2.45) is 11.5 Å². The third-order valence-electron chi connectivity index (χ3n) is 6.23. The highest BCUT2D eigenvalue weighted by Crippen LogP contribution is 2.31. The lowest BCUT2D eigenvalue weighted by Gasteiger charge is -2.40. The fourth-order valence-electron chi connectivity index (χ4n) is 4.42. The molecule has 0 spiro atoms. The maximum atomic E-state index is 10.1. The Bertz CT molecular complexity index is 1150. The van der Waals surface area contributed by atoms with E-state index in [1.54, 1.807) is 6.07 Å². The topological polar surface area (TPSA) is 149 Å². The molecule has 0 bridgehead atoms. The highest BCUT2D eigenvalue weighted by molar-refractivity contribution is 5.94. The smallest absolute Gasteiger partial charge is 0.329 e. The summed E-state index contributed by atoms with van der Waals surface area (Å²) in [5.74, 6) is -0.607. The van der Waals surface area contributed by atoms with Gasteiger partial charge in [0.2, 0.25) is 0 Å². The second-order valence-electron chi connectivity index (χ2n) is 9.07. The first-order chi connectivity index (χ1) is 18.4. The van der Waals surface area contributed by atoms with Gasteiger partial charge < -0.3 is 26.4 Å². The molecule has 1 aliphatic heterocycles.